The van der Waals surface area contributed by atoms with E-state index in [9.17, 15) is 0 Å². The van der Waals surface area contributed by atoms with Gasteiger partial charge in [0.15, 0.2) is 25.1 Å². The van der Waals surface area contributed by atoms with Gasteiger partial charge in [0, 0.05) is 29.3 Å². The summed E-state index contributed by atoms with van der Waals surface area (Å²) in [6.07, 6.45) is 17.6. The van der Waals surface area contributed by atoms with Crippen LogP contribution in [0.4, 0.5) is 17.1 Å². The van der Waals surface area contributed by atoms with Gasteiger partial charge in [-0.05, 0) is 48.9 Å². The predicted octanol–water partition coefficient (Wildman–Crippen LogP) is 4.88. The molecule has 5 heterocycles. The Bertz CT molecular complexity index is 1640. The highest BCUT2D eigenvalue weighted by Crippen LogP contribution is 2.46. The molecule has 6 nitrogen and oxygen atoms in total. The first kappa shape index (κ1) is 19.7. The van der Waals surface area contributed by atoms with Crippen LogP contribution in [0, 0.1) is 6.92 Å². The normalized spacial score (nSPS) is 13.3. The van der Waals surface area contributed by atoms with Crippen LogP contribution in [0.25, 0.3) is 34.3 Å². The molecule has 2 aliphatic rings. The molecule has 0 spiro atoms. The number of rotatable bonds is 1. The summed E-state index contributed by atoms with van der Waals surface area (Å²) in [5.74, 6) is 0. The molecule has 35 heavy (non-hydrogen) atoms. The van der Waals surface area contributed by atoms with Crippen LogP contribution in [-0.4, -0.2) is 15.0 Å². The molecule has 0 radical (unpaired) electrons. The maximum atomic E-state index is 4.47. The number of allylic oxidation sites excluding steroid dienone is 1. The van der Waals surface area contributed by atoms with Gasteiger partial charge in [0.1, 0.15) is 0 Å². The number of hydrogen-bond donors (Lipinski definition) is 0. The molecular formula is C29H22N6+2. The molecule has 0 aliphatic carbocycles. The van der Waals surface area contributed by atoms with E-state index in [0.29, 0.717) is 0 Å². The van der Waals surface area contributed by atoms with Crippen LogP contribution < -0.4 is 14.0 Å². The third kappa shape index (κ3) is 3.00. The topological polar surface area (TPSA) is 49.7 Å². The monoisotopic (exact) mass is 454 g/mol. The second kappa shape index (κ2) is 7.67. The van der Waals surface area contributed by atoms with Crippen molar-refractivity contribution in [2.24, 2.45) is 0 Å². The van der Waals surface area contributed by atoms with Gasteiger partial charge < -0.3 is 4.90 Å². The molecule has 7 rings (SSSR count). The number of fused-ring (bicyclic) bond motifs is 6. The summed E-state index contributed by atoms with van der Waals surface area (Å²) in [6, 6.07) is 17.2. The first-order valence-corrected chi connectivity index (χ1v) is 11.6. The third-order valence-corrected chi connectivity index (χ3v) is 6.89. The minimum absolute atomic E-state index is 0.744. The average molecular weight is 455 g/mol. The lowest BCUT2D eigenvalue weighted by Gasteiger charge is -2.31. The molecule has 2 aromatic carbocycles. The summed E-state index contributed by atoms with van der Waals surface area (Å²) in [6.45, 7) is 2.93. The Balaban J connectivity index is 1.65. The first-order chi connectivity index (χ1) is 17.3. The van der Waals surface area contributed by atoms with Gasteiger partial charge in [-0.3, -0.25) is 15.0 Å². The fraction of sp³-hybridized carbons (Fsp3) is 0.0690. The summed E-state index contributed by atoms with van der Waals surface area (Å²) >= 11 is 0. The molecule has 2 bridgehead atoms. The smallest absolute Gasteiger partial charge is 0.236 e. The van der Waals surface area contributed by atoms with Gasteiger partial charge in [0.05, 0.1) is 47.2 Å². The second-order valence-corrected chi connectivity index (χ2v) is 8.80. The zero-order chi connectivity index (χ0) is 23.4. The lowest BCUT2D eigenvalue weighted by Crippen LogP contribution is -2.41. The highest BCUT2D eigenvalue weighted by Gasteiger charge is 2.34. The van der Waals surface area contributed by atoms with E-state index in [2.05, 4.69) is 96.8 Å². The van der Waals surface area contributed by atoms with Crippen LogP contribution in [0.15, 0.2) is 98.1 Å². The minimum Gasteiger partial charge on any atom is -0.309 e. The molecule has 3 aromatic heterocycles. The molecule has 166 valence electrons. The van der Waals surface area contributed by atoms with Crippen molar-refractivity contribution < 1.29 is 9.13 Å². The quantitative estimate of drug-likeness (QED) is 0.339. The Morgan fingerprint density at radius 3 is 2.34 bits per heavy atom. The predicted molar refractivity (Wildman–Crippen MR) is 135 cm³/mol. The van der Waals surface area contributed by atoms with Crippen molar-refractivity contribution in [3.8, 4) is 22.5 Å². The second-order valence-electron chi connectivity index (χ2n) is 8.80. The van der Waals surface area contributed by atoms with Crippen LogP contribution in [0.3, 0.4) is 0 Å². The number of benzene rings is 2. The zero-order valence-electron chi connectivity index (χ0n) is 19.2. The molecule has 0 fully saturated rings. The Kier molecular flexibility index (Phi) is 4.32. The maximum Gasteiger partial charge on any atom is 0.236 e. The first-order valence-electron chi connectivity index (χ1n) is 11.6. The SMILES string of the molecule is Cc1c2cccc1N(c1ccncc1)c1cccc3c1C(=C[n+]1ccncc1-2)C[n+]1ccncc1-3. The standard InChI is InChI=1S/C29H22N6/c1-20-23-4-2-6-25(20)35(22-8-10-30-11-9-22)26-7-3-5-24-28-17-32-13-15-34(28)19-21(29(24)26)18-33-14-12-31-16-27(23)33/h2-18H,19H2,1H3/q+2. The van der Waals surface area contributed by atoms with E-state index in [-0.39, 0.29) is 0 Å². The summed E-state index contributed by atoms with van der Waals surface area (Å²) in [5, 5.41) is 0. The number of hydrogen-bond acceptors (Lipinski definition) is 4. The van der Waals surface area contributed by atoms with E-state index in [1.165, 1.54) is 16.7 Å². The van der Waals surface area contributed by atoms with Crippen LogP contribution in [0.1, 0.15) is 11.1 Å². The van der Waals surface area contributed by atoms with Crippen molar-refractivity contribution in [2.75, 3.05) is 4.90 Å². The molecule has 0 N–H and O–H groups in total. The summed E-state index contributed by atoms with van der Waals surface area (Å²) in [4.78, 5) is 15.6. The summed E-state index contributed by atoms with van der Waals surface area (Å²) in [5.41, 5.74) is 11.4. The van der Waals surface area contributed by atoms with Gasteiger partial charge in [-0.25, -0.2) is 0 Å². The van der Waals surface area contributed by atoms with E-state index in [1.807, 2.05) is 43.4 Å². The Morgan fingerprint density at radius 2 is 1.49 bits per heavy atom. The van der Waals surface area contributed by atoms with E-state index >= 15 is 0 Å². The molecule has 0 saturated heterocycles. The van der Waals surface area contributed by atoms with E-state index in [0.717, 1.165) is 46.1 Å². The van der Waals surface area contributed by atoms with Gasteiger partial charge >= 0.3 is 0 Å². The molecule has 5 aromatic rings. The lowest BCUT2D eigenvalue weighted by atomic mass is 9.90. The van der Waals surface area contributed by atoms with Crippen molar-refractivity contribution in [2.45, 2.75) is 13.5 Å². The molecular weight excluding hydrogens is 432 g/mol. The van der Waals surface area contributed by atoms with Gasteiger partial charge in [-0.2, -0.15) is 9.13 Å². The Labute approximate surface area is 203 Å². The number of anilines is 3. The number of pyridine rings is 1. The Hall–Kier alpha value is -4.71. The third-order valence-electron chi connectivity index (χ3n) is 6.89. The van der Waals surface area contributed by atoms with Crippen molar-refractivity contribution in [3.05, 3.63) is 109 Å². The van der Waals surface area contributed by atoms with Crippen LogP contribution in [0.5, 0.6) is 0 Å². The fourth-order valence-electron chi connectivity index (χ4n) is 5.30. The largest absolute Gasteiger partial charge is 0.309 e. The van der Waals surface area contributed by atoms with Crippen molar-refractivity contribution in [1.82, 2.24) is 15.0 Å². The Morgan fingerprint density at radius 1 is 0.743 bits per heavy atom. The van der Waals surface area contributed by atoms with Gasteiger partial charge in [-0.15, -0.1) is 0 Å². The molecule has 0 amide bonds. The number of aromatic nitrogens is 5. The van der Waals surface area contributed by atoms with Crippen molar-refractivity contribution >= 4 is 28.8 Å². The van der Waals surface area contributed by atoms with Crippen LogP contribution >= 0.6 is 0 Å². The summed E-state index contributed by atoms with van der Waals surface area (Å²) in [7, 11) is 0. The molecule has 6 heteroatoms. The van der Waals surface area contributed by atoms with E-state index in [1.54, 1.807) is 0 Å². The average Bonchev–Trinajstić information content (AvgIpc) is 2.90. The number of nitrogens with zero attached hydrogens (tertiary/aromatic N) is 6. The van der Waals surface area contributed by atoms with Crippen LogP contribution in [-0.2, 0) is 6.54 Å². The van der Waals surface area contributed by atoms with Gasteiger partial charge in [0.2, 0.25) is 11.4 Å². The zero-order valence-corrected chi connectivity index (χ0v) is 19.2. The maximum absolute atomic E-state index is 4.47. The van der Waals surface area contributed by atoms with E-state index in [4.69, 9.17) is 0 Å². The molecule has 0 saturated carbocycles. The van der Waals surface area contributed by atoms with Gasteiger partial charge in [-0.1, -0.05) is 12.1 Å². The lowest BCUT2D eigenvalue weighted by molar-refractivity contribution is -0.675. The molecule has 2 aliphatic heterocycles. The summed E-state index contributed by atoms with van der Waals surface area (Å²) < 4.78 is 4.46. The highest BCUT2D eigenvalue weighted by molar-refractivity contribution is 5.96. The molecule has 0 atom stereocenters. The van der Waals surface area contributed by atoms with Crippen LogP contribution in [0.2, 0.25) is 0 Å². The minimum atomic E-state index is 0.744. The van der Waals surface area contributed by atoms with Crippen molar-refractivity contribution in [3.63, 3.8) is 0 Å². The fourth-order valence-corrected chi connectivity index (χ4v) is 5.30. The molecule has 0 unspecified atom stereocenters. The van der Waals surface area contributed by atoms with E-state index < -0.39 is 0 Å². The highest BCUT2D eigenvalue weighted by atomic mass is 15.2. The van der Waals surface area contributed by atoms with Gasteiger partial charge in [0.25, 0.3) is 0 Å². The van der Waals surface area contributed by atoms with Crippen molar-refractivity contribution in [1.29, 1.82) is 0 Å².